The predicted octanol–water partition coefficient (Wildman–Crippen LogP) is 17.8. The van der Waals surface area contributed by atoms with Crippen LogP contribution >= 0.6 is 15.6 Å². The molecule has 84 heavy (non-hydrogen) atoms. The summed E-state index contributed by atoms with van der Waals surface area (Å²) >= 11 is 0. The Balaban J connectivity index is 5.26. The van der Waals surface area contributed by atoms with Gasteiger partial charge < -0.3 is 33.8 Å². The lowest BCUT2D eigenvalue weighted by atomic mass is 9.99. The van der Waals surface area contributed by atoms with Crippen molar-refractivity contribution in [3.8, 4) is 0 Å². The third-order valence-corrected chi connectivity index (χ3v) is 17.1. The standard InChI is InChI=1S/C65H126O17P2/c1-9-58(8)44-36-28-19-14-15-21-32-40-48-65(70)82-61(52-76-63(68)46-38-30-24-23-27-35-43-57(6)7)54-80-84(73,74)78-50-59(66)49-77-83(71,72)79-53-60(51-75-62(67)45-37-29-22-16-18-26-34-42-56(4)5)81-64(69)47-39-31-20-13-11-10-12-17-25-33-41-55(2)3/h55-61,66H,9-54H2,1-8H3,(H,71,72)(H,73,74)/t58?,59?,60-,61-/m1/s1. The Bertz CT molecular complexity index is 1680. The molecule has 498 valence electrons. The fourth-order valence-electron chi connectivity index (χ4n) is 9.57. The van der Waals surface area contributed by atoms with E-state index in [-0.39, 0.29) is 25.7 Å². The smallest absolute Gasteiger partial charge is 0.462 e. The maximum Gasteiger partial charge on any atom is 0.472 e. The summed E-state index contributed by atoms with van der Waals surface area (Å²) < 4.78 is 68.0. The number of hydrogen-bond donors (Lipinski definition) is 3. The Hall–Kier alpha value is -1.94. The second-order valence-corrected chi connectivity index (χ2v) is 28.1. The molecule has 0 heterocycles. The first-order chi connectivity index (χ1) is 40.1. The van der Waals surface area contributed by atoms with Crippen LogP contribution < -0.4 is 0 Å². The molecule has 0 spiro atoms. The number of phosphoric ester groups is 2. The quantitative estimate of drug-likeness (QED) is 0.0222. The lowest BCUT2D eigenvalue weighted by Gasteiger charge is -2.21. The van der Waals surface area contributed by atoms with Crippen LogP contribution in [0.2, 0.25) is 0 Å². The summed E-state index contributed by atoms with van der Waals surface area (Å²) in [4.78, 5) is 72.2. The first kappa shape index (κ1) is 82.1. The van der Waals surface area contributed by atoms with Crippen LogP contribution in [0, 0.1) is 23.7 Å². The number of aliphatic hydroxyl groups is 1. The minimum atomic E-state index is -4.95. The van der Waals surface area contributed by atoms with Crippen molar-refractivity contribution in [1.82, 2.24) is 0 Å². The Labute approximate surface area is 511 Å². The van der Waals surface area contributed by atoms with Gasteiger partial charge in [0.15, 0.2) is 12.2 Å². The molecule has 0 aliphatic carbocycles. The molecule has 6 atom stereocenters. The maximum atomic E-state index is 13.0. The molecule has 19 heteroatoms. The van der Waals surface area contributed by atoms with Gasteiger partial charge in [-0.25, -0.2) is 9.13 Å². The van der Waals surface area contributed by atoms with E-state index in [1.54, 1.807) is 0 Å². The lowest BCUT2D eigenvalue weighted by Crippen LogP contribution is -2.30. The van der Waals surface area contributed by atoms with E-state index >= 15 is 0 Å². The minimum absolute atomic E-state index is 0.103. The number of phosphoric acid groups is 2. The molecule has 0 aromatic heterocycles. The van der Waals surface area contributed by atoms with Gasteiger partial charge in [0.1, 0.15) is 19.3 Å². The van der Waals surface area contributed by atoms with Gasteiger partial charge >= 0.3 is 39.5 Å². The molecule has 0 aliphatic heterocycles. The van der Waals surface area contributed by atoms with Crippen LogP contribution in [0.25, 0.3) is 0 Å². The lowest BCUT2D eigenvalue weighted by molar-refractivity contribution is -0.161. The van der Waals surface area contributed by atoms with Gasteiger partial charge in [-0.1, -0.05) is 261 Å². The minimum Gasteiger partial charge on any atom is -0.462 e. The van der Waals surface area contributed by atoms with Crippen LogP contribution in [-0.2, 0) is 65.4 Å². The molecule has 0 aliphatic rings. The number of carbonyl (C=O) groups is 4. The van der Waals surface area contributed by atoms with E-state index in [1.165, 1.54) is 103 Å². The molecule has 0 aromatic carbocycles. The van der Waals surface area contributed by atoms with E-state index in [1.807, 2.05) is 0 Å². The van der Waals surface area contributed by atoms with Crippen LogP contribution in [0.3, 0.4) is 0 Å². The van der Waals surface area contributed by atoms with E-state index in [2.05, 4.69) is 55.4 Å². The van der Waals surface area contributed by atoms with Crippen molar-refractivity contribution in [3.63, 3.8) is 0 Å². The average Bonchev–Trinajstić information content (AvgIpc) is 3.46. The highest BCUT2D eigenvalue weighted by Gasteiger charge is 2.30. The van der Waals surface area contributed by atoms with Gasteiger partial charge in [0.25, 0.3) is 0 Å². The molecule has 3 N–H and O–H groups in total. The van der Waals surface area contributed by atoms with E-state index in [4.69, 9.17) is 37.0 Å². The van der Waals surface area contributed by atoms with Gasteiger partial charge in [0, 0.05) is 25.7 Å². The highest BCUT2D eigenvalue weighted by Crippen LogP contribution is 2.45. The number of aliphatic hydroxyl groups excluding tert-OH is 1. The van der Waals surface area contributed by atoms with Gasteiger partial charge in [-0.2, -0.15) is 0 Å². The highest BCUT2D eigenvalue weighted by molar-refractivity contribution is 7.47. The predicted molar refractivity (Wildman–Crippen MR) is 335 cm³/mol. The monoisotopic (exact) mass is 1240 g/mol. The molecule has 0 aromatic rings. The van der Waals surface area contributed by atoms with E-state index < -0.39 is 97.5 Å². The normalized spacial score (nSPS) is 14.7. The van der Waals surface area contributed by atoms with E-state index in [9.17, 15) is 43.2 Å². The zero-order valence-electron chi connectivity index (χ0n) is 54.5. The summed E-state index contributed by atoms with van der Waals surface area (Å²) in [5, 5.41) is 10.5. The molecular weight excluding hydrogens is 1110 g/mol. The summed E-state index contributed by atoms with van der Waals surface area (Å²) in [7, 11) is -9.89. The third-order valence-electron chi connectivity index (χ3n) is 15.2. The number of hydrogen-bond acceptors (Lipinski definition) is 15. The van der Waals surface area contributed by atoms with Gasteiger partial charge in [0.2, 0.25) is 0 Å². The number of carbonyl (C=O) groups excluding carboxylic acids is 4. The van der Waals surface area contributed by atoms with Crippen LogP contribution in [0.1, 0.15) is 312 Å². The first-order valence-electron chi connectivity index (χ1n) is 33.7. The average molecular weight is 1240 g/mol. The Kier molecular flexibility index (Phi) is 53.9. The zero-order chi connectivity index (χ0) is 62.5. The van der Waals surface area contributed by atoms with Crippen LogP contribution in [0.5, 0.6) is 0 Å². The Morgan fingerprint density at radius 3 is 0.845 bits per heavy atom. The van der Waals surface area contributed by atoms with Crippen molar-refractivity contribution in [2.75, 3.05) is 39.6 Å². The van der Waals surface area contributed by atoms with Crippen LogP contribution in [0.15, 0.2) is 0 Å². The molecule has 0 rings (SSSR count). The largest absolute Gasteiger partial charge is 0.472 e. The van der Waals surface area contributed by atoms with Crippen molar-refractivity contribution < 1.29 is 80.2 Å². The van der Waals surface area contributed by atoms with Crippen molar-refractivity contribution in [1.29, 1.82) is 0 Å². The summed E-state index contributed by atoms with van der Waals surface area (Å²) in [6.07, 6.45) is 35.0. The number of esters is 4. The van der Waals surface area contributed by atoms with E-state index in [0.29, 0.717) is 37.5 Å². The van der Waals surface area contributed by atoms with Gasteiger partial charge in [-0.15, -0.1) is 0 Å². The maximum absolute atomic E-state index is 13.0. The summed E-state index contributed by atoms with van der Waals surface area (Å²) in [6, 6.07) is 0. The van der Waals surface area contributed by atoms with E-state index in [0.717, 1.165) is 115 Å². The second-order valence-electron chi connectivity index (χ2n) is 25.2. The molecule has 0 saturated carbocycles. The molecule has 0 saturated heterocycles. The summed E-state index contributed by atoms with van der Waals surface area (Å²) in [5.41, 5.74) is 0. The number of ether oxygens (including phenoxy) is 4. The Morgan fingerprint density at radius 1 is 0.333 bits per heavy atom. The van der Waals surface area contributed by atoms with Crippen molar-refractivity contribution in [2.45, 2.75) is 331 Å². The highest BCUT2D eigenvalue weighted by atomic mass is 31.2. The second kappa shape index (κ2) is 55.2. The van der Waals surface area contributed by atoms with Gasteiger partial charge in [-0.3, -0.25) is 37.3 Å². The van der Waals surface area contributed by atoms with Crippen molar-refractivity contribution in [2.24, 2.45) is 23.7 Å². The molecule has 0 radical (unpaired) electrons. The number of rotatable bonds is 62. The molecule has 17 nitrogen and oxygen atoms in total. The van der Waals surface area contributed by atoms with Gasteiger partial charge in [0.05, 0.1) is 26.4 Å². The topological polar surface area (TPSA) is 237 Å². The fourth-order valence-corrected chi connectivity index (χ4v) is 11.2. The molecule has 4 unspecified atom stereocenters. The molecule has 0 fully saturated rings. The molecule has 0 amide bonds. The molecular formula is C65H126O17P2. The SMILES string of the molecule is CCC(C)CCCCCCCCCCC(=O)O[C@H](COC(=O)CCCCCCCCC(C)C)COP(=O)(O)OCC(O)COP(=O)(O)OC[C@@H](COC(=O)CCCCCCCCCC(C)C)OC(=O)CCCCCCCCCCCCC(C)C. The van der Waals surface area contributed by atoms with Crippen LogP contribution in [-0.4, -0.2) is 96.7 Å². The van der Waals surface area contributed by atoms with Crippen molar-refractivity contribution in [3.05, 3.63) is 0 Å². The fraction of sp³-hybridized carbons (Fsp3) is 0.938. The number of unbranched alkanes of at least 4 members (excludes halogenated alkanes) is 27. The summed E-state index contributed by atoms with van der Waals surface area (Å²) in [6.45, 7) is 13.9. The van der Waals surface area contributed by atoms with Crippen molar-refractivity contribution >= 4 is 39.5 Å². The summed E-state index contributed by atoms with van der Waals surface area (Å²) in [5.74, 6) is 0.766. The molecule has 0 bridgehead atoms. The third kappa shape index (κ3) is 57.8. The Morgan fingerprint density at radius 2 is 0.571 bits per heavy atom. The zero-order valence-corrected chi connectivity index (χ0v) is 56.3. The first-order valence-corrected chi connectivity index (χ1v) is 36.7. The van der Waals surface area contributed by atoms with Crippen LogP contribution in [0.4, 0.5) is 0 Å². The van der Waals surface area contributed by atoms with Gasteiger partial charge in [-0.05, 0) is 49.4 Å².